The van der Waals surface area contributed by atoms with Crippen LogP contribution < -0.4 is 9.13 Å². The Morgan fingerprint density at radius 1 is 0.500 bits per heavy atom. The monoisotopic (exact) mass is 416 g/mol. The molecule has 28 heavy (non-hydrogen) atoms. The van der Waals surface area contributed by atoms with Crippen LogP contribution in [0.2, 0.25) is 0 Å². The van der Waals surface area contributed by atoms with Crippen LogP contribution in [0.1, 0.15) is 22.8 Å². The number of aromatic nitrogens is 2. The highest BCUT2D eigenvalue weighted by molar-refractivity contribution is 6.50. The molecule has 0 saturated carbocycles. The molecule has 0 unspecified atom stereocenters. The molecule has 0 saturated heterocycles. The molecule has 0 aromatic carbocycles. The summed E-state index contributed by atoms with van der Waals surface area (Å²) in [6.45, 7) is 8.61. The van der Waals surface area contributed by atoms with Crippen LogP contribution in [0.3, 0.4) is 0 Å². The van der Waals surface area contributed by atoms with Gasteiger partial charge in [-0.1, -0.05) is 0 Å². The van der Waals surface area contributed by atoms with Crippen LogP contribution in [0.4, 0.5) is 34.5 Å². The van der Waals surface area contributed by atoms with Gasteiger partial charge in [0.25, 0.3) is 0 Å². The quantitative estimate of drug-likeness (QED) is 0.358. The molecule has 0 fully saturated rings. The summed E-state index contributed by atoms with van der Waals surface area (Å²) in [4.78, 5) is 0. The Morgan fingerprint density at radius 3 is 0.786 bits per heavy atom. The molecule has 2 nitrogen and oxygen atoms in total. The summed E-state index contributed by atoms with van der Waals surface area (Å²) in [5.41, 5.74) is 7.74. The van der Waals surface area contributed by atoms with E-state index >= 15 is 0 Å². The van der Waals surface area contributed by atoms with Gasteiger partial charge in [0.15, 0.2) is 22.8 Å². The third-order valence-corrected chi connectivity index (χ3v) is 3.91. The summed E-state index contributed by atoms with van der Waals surface area (Å²) in [5.74, 6) is 0. The third kappa shape index (κ3) is 10.9. The molecule has 0 radical (unpaired) electrons. The first-order valence-corrected chi connectivity index (χ1v) is 8.09. The number of nitrogens with zero attached hydrogens (tertiary/aromatic N) is 2. The second-order valence-corrected chi connectivity index (χ2v) is 6.16. The lowest BCUT2D eigenvalue weighted by Crippen LogP contribution is -2.36. The SMILES string of the molecule is Cc1cc(-c2cc(C)[n+](C)c(C)c2)cc(C)[n+]1C.F[B-](F)(F)F.F[B-](F)(F)F. The van der Waals surface area contributed by atoms with Crippen molar-refractivity contribution in [1.82, 2.24) is 0 Å². The maximum Gasteiger partial charge on any atom is 0.673 e. The van der Waals surface area contributed by atoms with Gasteiger partial charge in [0.2, 0.25) is 0 Å². The van der Waals surface area contributed by atoms with Crippen LogP contribution in [-0.2, 0) is 14.1 Å². The number of hydrogen-bond donors (Lipinski definition) is 0. The minimum absolute atomic E-state index is 1.29. The molecule has 0 aliphatic heterocycles. The van der Waals surface area contributed by atoms with Crippen molar-refractivity contribution in [3.8, 4) is 11.1 Å². The molecule has 0 bridgehead atoms. The Morgan fingerprint density at radius 2 is 0.643 bits per heavy atom. The highest BCUT2D eigenvalue weighted by atomic mass is 19.5. The number of aryl methyl sites for hydroxylation is 4. The molecule has 2 aromatic rings. The van der Waals surface area contributed by atoms with E-state index in [1.54, 1.807) is 0 Å². The maximum absolute atomic E-state index is 9.75. The van der Waals surface area contributed by atoms with Gasteiger partial charge in [0, 0.05) is 52.0 Å². The molecule has 0 atom stereocenters. The van der Waals surface area contributed by atoms with E-state index in [4.69, 9.17) is 0 Å². The Balaban J connectivity index is 0.000000607. The van der Waals surface area contributed by atoms with Crippen LogP contribution in [0.15, 0.2) is 24.3 Å². The lowest BCUT2D eigenvalue weighted by molar-refractivity contribution is -0.684. The minimum Gasteiger partial charge on any atom is -0.418 e. The zero-order valence-corrected chi connectivity index (χ0v) is 16.4. The summed E-state index contributed by atoms with van der Waals surface area (Å²) in [5, 5.41) is 0. The largest absolute Gasteiger partial charge is 0.673 e. The molecule has 0 aliphatic rings. The standard InChI is InChI=1S/C16H22N2.2BF4/c1-11-7-15(8-12(2)17(11)5)16-9-13(3)18(6)14(4)10-16;2*2-1(3,4)5/h7-10H,1-6H3;;/q+2;2*-1. The summed E-state index contributed by atoms with van der Waals surface area (Å²) in [6.07, 6.45) is 0. The molecule has 12 heteroatoms. The number of rotatable bonds is 1. The number of pyridine rings is 2. The third-order valence-electron chi connectivity index (χ3n) is 3.91. The molecule has 0 amide bonds. The fourth-order valence-electron chi connectivity index (χ4n) is 2.26. The van der Waals surface area contributed by atoms with E-state index < -0.39 is 14.5 Å². The van der Waals surface area contributed by atoms with Crippen LogP contribution in [0.5, 0.6) is 0 Å². The van der Waals surface area contributed by atoms with Crippen molar-refractivity contribution >= 4 is 14.5 Å². The normalized spacial score (nSPS) is 11.2. The molecule has 158 valence electrons. The van der Waals surface area contributed by atoms with Crippen LogP contribution in [0, 0.1) is 27.7 Å². The van der Waals surface area contributed by atoms with Gasteiger partial charge in [-0.3, -0.25) is 0 Å². The van der Waals surface area contributed by atoms with E-state index in [0.29, 0.717) is 0 Å². The smallest absolute Gasteiger partial charge is 0.418 e. The van der Waals surface area contributed by atoms with Crippen molar-refractivity contribution < 1.29 is 43.7 Å². The van der Waals surface area contributed by atoms with E-state index in [0.717, 1.165) is 0 Å². The summed E-state index contributed by atoms with van der Waals surface area (Å²) in [7, 11) is -7.79. The Labute approximate surface area is 159 Å². The molecule has 0 aliphatic carbocycles. The Kier molecular flexibility index (Phi) is 9.13. The first kappa shape index (κ1) is 25.9. The van der Waals surface area contributed by atoms with Gasteiger partial charge in [-0.25, -0.2) is 9.13 Å². The highest BCUT2D eigenvalue weighted by Crippen LogP contribution is 2.21. The maximum atomic E-state index is 9.75. The van der Waals surface area contributed by atoms with Crippen LogP contribution in [0.25, 0.3) is 11.1 Å². The van der Waals surface area contributed by atoms with Gasteiger partial charge in [-0.15, -0.1) is 0 Å². The molecular formula is C16H22B2F8N2. The molecule has 2 rings (SSSR count). The van der Waals surface area contributed by atoms with Crippen molar-refractivity contribution in [1.29, 1.82) is 0 Å². The van der Waals surface area contributed by atoms with Gasteiger partial charge in [-0.05, 0) is 11.1 Å². The van der Waals surface area contributed by atoms with E-state index in [-0.39, 0.29) is 0 Å². The first-order valence-electron chi connectivity index (χ1n) is 8.09. The van der Waals surface area contributed by atoms with Crippen LogP contribution >= 0.6 is 0 Å². The lowest BCUT2D eigenvalue weighted by atomic mass is 10.0. The molecular weight excluding hydrogens is 394 g/mol. The van der Waals surface area contributed by atoms with Gasteiger partial charge < -0.3 is 34.5 Å². The molecule has 2 heterocycles. The Bertz CT molecular complexity index is 679. The predicted molar refractivity (Wildman–Crippen MR) is 93.6 cm³/mol. The summed E-state index contributed by atoms with van der Waals surface area (Å²) < 4.78 is 82.4. The zero-order chi connectivity index (χ0) is 22.4. The summed E-state index contributed by atoms with van der Waals surface area (Å²) in [6, 6.07) is 9.00. The van der Waals surface area contributed by atoms with E-state index in [1.165, 1.54) is 33.9 Å². The second-order valence-electron chi connectivity index (χ2n) is 6.16. The minimum atomic E-state index is -6.00. The van der Waals surface area contributed by atoms with Gasteiger partial charge >= 0.3 is 14.5 Å². The highest BCUT2D eigenvalue weighted by Gasteiger charge is 2.21. The average molecular weight is 416 g/mol. The van der Waals surface area contributed by atoms with Crippen molar-refractivity contribution in [2.45, 2.75) is 27.7 Å². The second kappa shape index (κ2) is 9.88. The molecule has 0 spiro atoms. The van der Waals surface area contributed by atoms with E-state index in [2.05, 4.69) is 75.2 Å². The Hall–Kier alpha value is -2.13. The topological polar surface area (TPSA) is 7.76 Å². The fraction of sp³-hybridized carbons (Fsp3) is 0.375. The number of halogens is 8. The van der Waals surface area contributed by atoms with Gasteiger partial charge in [-0.2, -0.15) is 0 Å². The number of hydrogen-bond acceptors (Lipinski definition) is 0. The molecule has 0 N–H and O–H groups in total. The lowest BCUT2D eigenvalue weighted by Gasteiger charge is -2.06. The van der Waals surface area contributed by atoms with E-state index in [1.807, 2.05) is 0 Å². The predicted octanol–water partition coefficient (Wildman–Crippen LogP) is 4.84. The van der Waals surface area contributed by atoms with Crippen molar-refractivity contribution in [3.63, 3.8) is 0 Å². The first-order chi connectivity index (χ1) is 12.4. The zero-order valence-electron chi connectivity index (χ0n) is 16.4. The van der Waals surface area contributed by atoms with Crippen molar-refractivity contribution in [2.75, 3.05) is 0 Å². The van der Waals surface area contributed by atoms with E-state index in [9.17, 15) is 34.5 Å². The van der Waals surface area contributed by atoms with Crippen LogP contribution in [-0.4, -0.2) is 14.5 Å². The van der Waals surface area contributed by atoms with Crippen molar-refractivity contribution in [2.24, 2.45) is 14.1 Å². The van der Waals surface area contributed by atoms with Gasteiger partial charge in [0.1, 0.15) is 14.1 Å². The molecule has 2 aromatic heterocycles. The van der Waals surface area contributed by atoms with Gasteiger partial charge in [0.05, 0.1) is 0 Å². The fourth-order valence-corrected chi connectivity index (χ4v) is 2.26. The average Bonchev–Trinajstić information content (AvgIpc) is 2.46. The summed E-state index contributed by atoms with van der Waals surface area (Å²) >= 11 is 0. The van der Waals surface area contributed by atoms with Crippen molar-refractivity contribution in [3.05, 3.63) is 47.0 Å².